The van der Waals surface area contributed by atoms with Crippen LogP contribution in [0.2, 0.25) is 0 Å². The van der Waals surface area contributed by atoms with E-state index in [1.54, 1.807) is 7.05 Å². The number of hydrogen-bond donors (Lipinski definition) is 2. The van der Waals surface area contributed by atoms with Gasteiger partial charge in [0, 0.05) is 7.05 Å². The van der Waals surface area contributed by atoms with E-state index in [4.69, 9.17) is 0 Å². The van der Waals surface area contributed by atoms with Crippen LogP contribution in [0, 0.1) is 11.3 Å². The van der Waals surface area contributed by atoms with Crippen LogP contribution in [0.3, 0.4) is 0 Å². The molecule has 0 bridgehead atoms. The Morgan fingerprint density at radius 3 is 2.19 bits per heavy atom. The molecule has 1 fully saturated rings. The predicted molar refractivity (Wildman–Crippen MR) is 67.3 cm³/mol. The highest BCUT2D eigenvalue weighted by Crippen LogP contribution is 2.40. The van der Waals surface area contributed by atoms with E-state index in [0.29, 0.717) is 5.92 Å². The third kappa shape index (κ3) is 2.76. The summed E-state index contributed by atoms with van der Waals surface area (Å²) in [5.74, 6) is 0.772. The van der Waals surface area contributed by atoms with E-state index in [1.807, 2.05) is 7.05 Å². The van der Waals surface area contributed by atoms with Crippen molar-refractivity contribution >= 4 is 5.91 Å². The van der Waals surface area contributed by atoms with Crippen LogP contribution in [-0.2, 0) is 4.79 Å². The Bertz CT molecular complexity index is 232. The second-order valence-corrected chi connectivity index (χ2v) is 5.49. The minimum atomic E-state index is -0.0828. The van der Waals surface area contributed by atoms with Gasteiger partial charge in [0.15, 0.2) is 0 Å². The number of carbonyl (C=O) groups is 1. The molecule has 3 nitrogen and oxygen atoms in total. The van der Waals surface area contributed by atoms with Crippen LogP contribution >= 0.6 is 0 Å². The molecule has 0 aromatic rings. The van der Waals surface area contributed by atoms with Crippen molar-refractivity contribution in [1.29, 1.82) is 0 Å². The normalized spacial score (nSPS) is 20.5. The third-order valence-corrected chi connectivity index (χ3v) is 4.20. The van der Waals surface area contributed by atoms with Crippen LogP contribution in [0.15, 0.2) is 0 Å². The lowest BCUT2D eigenvalue weighted by atomic mass is 9.67. The van der Waals surface area contributed by atoms with Gasteiger partial charge in [0.1, 0.15) is 0 Å². The highest BCUT2D eigenvalue weighted by atomic mass is 16.2. The summed E-state index contributed by atoms with van der Waals surface area (Å²) in [7, 11) is 3.59. The lowest BCUT2D eigenvalue weighted by Crippen LogP contribution is -2.53. The molecule has 0 saturated heterocycles. The molecular formula is C13H26N2O. The second-order valence-electron chi connectivity index (χ2n) is 5.49. The maximum Gasteiger partial charge on any atom is 0.237 e. The summed E-state index contributed by atoms with van der Waals surface area (Å²) in [6.07, 6.45) is 6.53. The smallest absolute Gasteiger partial charge is 0.237 e. The summed E-state index contributed by atoms with van der Waals surface area (Å²) in [5, 5.41) is 5.94. The number of rotatable bonds is 4. The predicted octanol–water partition coefficient (Wildman–Crippen LogP) is 1.93. The Kier molecular flexibility index (Phi) is 4.78. The fourth-order valence-electron chi connectivity index (χ4n) is 3.07. The van der Waals surface area contributed by atoms with Crippen molar-refractivity contribution in [1.82, 2.24) is 10.6 Å². The Morgan fingerprint density at radius 2 is 1.75 bits per heavy atom. The third-order valence-electron chi connectivity index (χ3n) is 4.20. The maximum absolute atomic E-state index is 11.9. The summed E-state index contributed by atoms with van der Waals surface area (Å²) in [6, 6.07) is -0.0828. The molecule has 1 unspecified atom stereocenters. The molecule has 1 aliphatic rings. The number of hydrogen-bond acceptors (Lipinski definition) is 2. The average molecular weight is 226 g/mol. The molecule has 3 heteroatoms. The lowest BCUT2D eigenvalue weighted by Gasteiger charge is -2.41. The van der Waals surface area contributed by atoms with Gasteiger partial charge >= 0.3 is 0 Å². The number of nitrogens with one attached hydrogen (secondary N) is 2. The monoisotopic (exact) mass is 226 g/mol. The number of carbonyl (C=O) groups excluding carboxylic acids is 1. The van der Waals surface area contributed by atoms with Crippen molar-refractivity contribution in [3.8, 4) is 0 Å². The molecule has 1 aliphatic carbocycles. The van der Waals surface area contributed by atoms with Gasteiger partial charge < -0.3 is 10.6 Å². The Labute approximate surface area is 99.4 Å². The molecule has 0 aromatic heterocycles. The highest BCUT2D eigenvalue weighted by molar-refractivity contribution is 5.82. The summed E-state index contributed by atoms with van der Waals surface area (Å²) < 4.78 is 0. The number of likely N-dealkylation sites (N-methyl/N-ethyl adjacent to an activating group) is 2. The van der Waals surface area contributed by atoms with Gasteiger partial charge in [-0.3, -0.25) is 4.79 Å². The highest BCUT2D eigenvalue weighted by Gasteiger charge is 2.40. The molecule has 0 radical (unpaired) electrons. The van der Waals surface area contributed by atoms with Gasteiger partial charge in [0.05, 0.1) is 6.04 Å². The van der Waals surface area contributed by atoms with Crippen LogP contribution in [-0.4, -0.2) is 26.0 Å². The van der Waals surface area contributed by atoms with Crippen molar-refractivity contribution in [2.45, 2.75) is 52.0 Å². The van der Waals surface area contributed by atoms with Crippen molar-refractivity contribution in [3.05, 3.63) is 0 Å². The molecule has 0 aliphatic heterocycles. The fraction of sp³-hybridized carbons (Fsp3) is 0.923. The first-order chi connectivity index (χ1) is 7.54. The van der Waals surface area contributed by atoms with Crippen molar-refractivity contribution in [2.75, 3.05) is 14.1 Å². The van der Waals surface area contributed by atoms with Gasteiger partial charge in [-0.15, -0.1) is 0 Å². The van der Waals surface area contributed by atoms with E-state index in [-0.39, 0.29) is 17.4 Å². The molecule has 94 valence electrons. The quantitative estimate of drug-likeness (QED) is 0.769. The lowest BCUT2D eigenvalue weighted by molar-refractivity contribution is -0.126. The molecule has 1 amide bonds. The molecule has 0 aromatic carbocycles. The van der Waals surface area contributed by atoms with Gasteiger partial charge in [-0.2, -0.15) is 0 Å². The van der Waals surface area contributed by atoms with Gasteiger partial charge in [-0.25, -0.2) is 0 Å². The van der Waals surface area contributed by atoms with E-state index >= 15 is 0 Å². The minimum absolute atomic E-state index is 0.0370. The summed E-state index contributed by atoms with van der Waals surface area (Å²) in [4.78, 5) is 11.9. The van der Waals surface area contributed by atoms with Crippen LogP contribution in [0.4, 0.5) is 0 Å². The number of amides is 1. The molecule has 0 heterocycles. The van der Waals surface area contributed by atoms with Crippen LogP contribution < -0.4 is 10.6 Å². The molecule has 1 rings (SSSR count). The maximum atomic E-state index is 11.9. The molecule has 1 atom stereocenters. The average Bonchev–Trinajstić information content (AvgIpc) is 2.30. The zero-order valence-corrected chi connectivity index (χ0v) is 11.1. The van der Waals surface area contributed by atoms with E-state index in [1.165, 1.54) is 32.1 Å². The molecule has 0 spiro atoms. The first kappa shape index (κ1) is 13.5. The van der Waals surface area contributed by atoms with Crippen LogP contribution in [0.25, 0.3) is 0 Å². The van der Waals surface area contributed by atoms with Crippen molar-refractivity contribution in [3.63, 3.8) is 0 Å². The molecule has 16 heavy (non-hydrogen) atoms. The fourth-order valence-corrected chi connectivity index (χ4v) is 3.07. The van der Waals surface area contributed by atoms with Gasteiger partial charge in [-0.1, -0.05) is 33.1 Å². The Balaban J connectivity index is 2.75. The van der Waals surface area contributed by atoms with Gasteiger partial charge in [0.25, 0.3) is 0 Å². The summed E-state index contributed by atoms with van der Waals surface area (Å²) >= 11 is 0. The second kappa shape index (κ2) is 5.67. The van der Waals surface area contributed by atoms with E-state index in [0.717, 1.165) is 0 Å². The van der Waals surface area contributed by atoms with Crippen LogP contribution in [0.1, 0.15) is 46.0 Å². The SMILES string of the molecule is CNC(=O)C(NC)C(C)(C)C1CCCCC1. The van der Waals surface area contributed by atoms with Crippen LogP contribution in [0.5, 0.6) is 0 Å². The zero-order valence-electron chi connectivity index (χ0n) is 11.1. The summed E-state index contributed by atoms with van der Waals surface area (Å²) in [6.45, 7) is 4.44. The van der Waals surface area contributed by atoms with Gasteiger partial charge in [-0.05, 0) is 31.2 Å². The van der Waals surface area contributed by atoms with E-state index in [9.17, 15) is 4.79 Å². The topological polar surface area (TPSA) is 41.1 Å². The first-order valence-electron chi connectivity index (χ1n) is 6.43. The first-order valence-corrected chi connectivity index (χ1v) is 6.43. The largest absolute Gasteiger partial charge is 0.358 e. The van der Waals surface area contributed by atoms with Crippen molar-refractivity contribution in [2.24, 2.45) is 11.3 Å². The molecule has 2 N–H and O–H groups in total. The van der Waals surface area contributed by atoms with E-state index < -0.39 is 0 Å². The minimum Gasteiger partial charge on any atom is -0.358 e. The van der Waals surface area contributed by atoms with E-state index in [2.05, 4.69) is 24.5 Å². The zero-order chi connectivity index (χ0) is 12.2. The van der Waals surface area contributed by atoms with Crippen molar-refractivity contribution < 1.29 is 4.79 Å². The van der Waals surface area contributed by atoms with Gasteiger partial charge in [0.2, 0.25) is 5.91 Å². The molecule has 1 saturated carbocycles. The Hall–Kier alpha value is -0.570. The standard InChI is InChI=1S/C13H26N2O/c1-13(2,10-8-6-5-7-9-10)11(14-3)12(16)15-4/h10-11,14H,5-9H2,1-4H3,(H,15,16). The summed E-state index contributed by atoms with van der Waals surface area (Å²) in [5.41, 5.74) is 0.0370. The Morgan fingerprint density at radius 1 is 1.19 bits per heavy atom. The molecular weight excluding hydrogens is 200 g/mol.